The Kier molecular flexibility index (Phi) is 5.08. The molecule has 5 aromatic rings. The SMILES string of the molecule is CC(C)n1c(C(=O)NCc2nc3ccccc3n2Cc2ccccc2)cc2sccc21. The molecule has 0 saturated carbocycles. The van der Waals surface area contributed by atoms with Gasteiger partial charge in [-0.1, -0.05) is 42.5 Å². The largest absolute Gasteiger partial charge is 0.344 e. The maximum absolute atomic E-state index is 13.1. The second kappa shape index (κ2) is 8.04. The molecule has 0 bridgehead atoms. The summed E-state index contributed by atoms with van der Waals surface area (Å²) in [6.07, 6.45) is 0. The second-order valence-electron chi connectivity index (χ2n) is 7.93. The zero-order valence-corrected chi connectivity index (χ0v) is 18.4. The summed E-state index contributed by atoms with van der Waals surface area (Å²) in [5, 5.41) is 5.18. The molecule has 0 aliphatic heterocycles. The van der Waals surface area contributed by atoms with Crippen LogP contribution in [-0.4, -0.2) is 20.0 Å². The Bertz CT molecular complexity index is 1360. The van der Waals surface area contributed by atoms with Crippen LogP contribution < -0.4 is 5.32 Å². The van der Waals surface area contributed by atoms with Crippen LogP contribution in [0.3, 0.4) is 0 Å². The number of hydrogen-bond acceptors (Lipinski definition) is 3. The normalized spacial score (nSPS) is 11.6. The van der Waals surface area contributed by atoms with Gasteiger partial charge in [0.2, 0.25) is 0 Å². The van der Waals surface area contributed by atoms with E-state index in [1.807, 2.05) is 42.5 Å². The van der Waals surface area contributed by atoms with Crippen LogP contribution >= 0.6 is 11.3 Å². The summed E-state index contributed by atoms with van der Waals surface area (Å²) in [5.74, 6) is 0.776. The molecular formula is C25H24N4OS. The van der Waals surface area contributed by atoms with Gasteiger partial charge in [-0.25, -0.2) is 4.98 Å². The van der Waals surface area contributed by atoms with E-state index in [1.54, 1.807) is 11.3 Å². The fourth-order valence-corrected chi connectivity index (χ4v) is 4.94. The van der Waals surface area contributed by atoms with Gasteiger partial charge in [-0.2, -0.15) is 0 Å². The number of aromatic nitrogens is 3. The van der Waals surface area contributed by atoms with E-state index in [-0.39, 0.29) is 11.9 Å². The Morgan fingerprint density at radius 3 is 2.61 bits per heavy atom. The average Bonchev–Trinajstić information content (AvgIpc) is 3.46. The Morgan fingerprint density at radius 2 is 1.81 bits per heavy atom. The fourth-order valence-electron chi connectivity index (χ4n) is 4.13. The Morgan fingerprint density at radius 1 is 1.03 bits per heavy atom. The molecule has 2 aromatic carbocycles. The van der Waals surface area contributed by atoms with Crippen LogP contribution in [0.1, 0.15) is 41.8 Å². The molecule has 0 atom stereocenters. The number of carbonyl (C=O) groups excluding carboxylic acids is 1. The van der Waals surface area contributed by atoms with E-state index >= 15 is 0 Å². The number of rotatable bonds is 6. The van der Waals surface area contributed by atoms with Gasteiger partial charge in [0.25, 0.3) is 5.91 Å². The summed E-state index contributed by atoms with van der Waals surface area (Å²) in [5.41, 5.74) is 5.02. The summed E-state index contributed by atoms with van der Waals surface area (Å²) >= 11 is 1.66. The molecular weight excluding hydrogens is 404 g/mol. The first kappa shape index (κ1) is 19.6. The zero-order valence-electron chi connectivity index (χ0n) is 17.6. The van der Waals surface area contributed by atoms with Crippen molar-refractivity contribution in [3.05, 3.63) is 89.2 Å². The van der Waals surface area contributed by atoms with Crippen molar-refractivity contribution >= 4 is 38.5 Å². The Labute approximate surface area is 185 Å². The number of benzene rings is 2. The van der Waals surface area contributed by atoms with Crippen molar-refractivity contribution in [1.82, 2.24) is 19.4 Å². The Hall–Kier alpha value is -3.38. The van der Waals surface area contributed by atoms with Crippen LogP contribution in [0.2, 0.25) is 0 Å². The van der Waals surface area contributed by atoms with Crippen LogP contribution in [0.4, 0.5) is 0 Å². The monoisotopic (exact) mass is 428 g/mol. The van der Waals surface area contributed by atoms with Gasteiger partial charge in [0.05, 0.1) is 27.8 Å². The van der Waals surface area contributed by atoms with E-state index in [4.69, 9.17) is 4.98 Å². The van der Waals surface area contributed by atoms with E-state index in [1.165, 1.54) is 5.56 Å². The predicted molar refractivity (Wildman–Crippen MR) is 127 cm³/mol. The lowest BCUT2D eigenvalue weighted by Crippen LogP contribution is -2.27. The second-order valence-corrected chi connectivity index (χ2v) is 8.88. The summed E-state index contributed by atoms with van der Waals surface area (Å²) in [6.45, 7) is 5.29. The van der Waals surface area contributed by atoms with E-state index < -0.39 is 0 Å². The molecule has 1 N–H and O–H groups in total. The third-order valence-corrected chi connectivity index (χ3v) is 6.39. The quantitative estimate of drug-likeness (QED) is 0.382. The molecule has 0 fully saturated rings. The number of imidazole rings is 1. The van der Waals surface area contributed by atoms with Crippen molar-refractivity contribution in [2.45, 2.75) is 33.0 Å². The molecule has 3 aromatic heterocycles. The molecule has 0 radical (unpaired) electrons. The van der Waals surface area contributed by atoms with Crippen molar-refractivity contribution < 1.29 is 4.79 Å². The third-order valence-electron chi connectivity index (χ3n) is 5.53. The lowest BCUT2D eigenvalue weighted by molar-refractivity contribution is 0.0939. The number of carbonyl (C=O) groups is 1. The zero-order chi connectivity index (χ0) is 21.4. The van der Waals surface area contributed by atoms with Gasteiger partial charge in [0, 0.05) is 12.6 Å². The van der Waals surface area contributed by atoms with Crippen molar-refractivity contribution in [3.63, 3.8) is 0 Å². The molecule has 3 heterocycles. The highest BCUT2D eigenvalue weighted by Gasteiger charge is 2.19. The van der Waals surface area contributed by atoms with Crippen LogP contribution in [0.5, 0.6) is 0 Å². The summed E-state index contributed by atoms with van der Waals surface area (Å²) in [6, 6.07) is 22.7. The van der Waals surface area contributed by atoms with Gasteiger partial charge in [-0.15, -0.1) is 11.3 Å². The molecule has 156 valence electrons. The molecule has 5 rings (SSSR count). The van der Waals surface area contributed by atoms with Gasteiger partial charge in [0.15, 0.2) is 0 Å². The molecule has 0 saturated heterocycles. The molecule has 0 spiro atoms. The number of nitrogens with one attached hydrogen (secondary N) is 1. The average molecular weight is 429 g/mol. The number of amides is 1. The van der Waals surface area contributed by atoms with Crippen molar-refractivity contribution in [1.29, 1.82) is 0 Å². The molecule has 5 nitrogen and oxygen atoms in total. The minimum Gasteiger partial charge on any atom is -0.344 e. The van der Waals surface area contributed by atoms with Crippen LogP contribution in [0, 0.1) is 0 Å². The highest BCUT2D eigenvalue weighted by Crippen LogP contribution is 2.28. The lowest BCUT2D eigenvalue weighted by atomic mass is 10.2. The predicted octanol–water partition coefficient (Wildman–Crippen LogP) is 5.61. The minimum absolute atomic E-state index is 0.0737. The smallest absolute Gasteiger partial charge is 0.268 e. The summed E-state index contributed by atoms with van der Waals surface area (Å²) < 4.78 is 5.43. The van der Waals surface area contributed by atoms with Crippen molar-refractivity contribution in [3.8, 4) is 0 Å². The van der Waals surface area contributed by atoms with Crippen LogP contribution in [0.15, 0.2) is 72.1 Å². The minimum atomic E-state index is -0.0737. The van der Waals surface area contributed by atoms with E-state index in [0.717, 1.165) is 27.1 Å². The molecule has 0 unspecified atom stereocenters. The first-order valence-corrected chi connectivity index (χ1v) is 11.3. The Balaban J connectivity index is 1.45. The van der Waals surface area contributed by atoms with Gasteiger partial charge in [-0.3, -0.25) is 4.79 Å². The first-order chi connectivity index (χ1) is 15.1. The summed E-state index contributed by atoms with van der Waals surface area (Å²) in [4.78, 5) is 17.9. The van der Waals surface area contributed by atoms with Crippen LogP contribution in [0.25, 0.3) is 21.3 Å². The fraction of sp³-hybridized carbons (Fsp3) is 0.200. The summed E-state index contributed by atoms with van der Waals surface area (Å²) in [7, 11) is 0. The van der Waals surface area contributed by atoms with E-state index in [9.17, 15) is 4.79 Å². The number of hydrogen-bond donors (Lipinski definition) is 1. The third kappa shape index (κ3) is 3.64. The molecule has 6 heteroatoms. The van der Waals surface area contributed by atoms with Gasteiger partial charge < -0.3 is 14.5 Å². The standard InChI is InChI=1S/C25H24N4OS/c1-17(2)29-21-12-13-31-23(21)14-22(29)25(30)26-15-24-27-19-10-6-7-11-20(19)28(24)16-18-8-4-3-5-9-18/h3-14,17H,15-16H2,1-2H3,(H,26,30). The number of para-hydroxylation sites is 2. The highest BCUT2D eigenvalue weighted by molar-refractivity contribution is 7.17. The molecule has 31 heavy (non-hydrogen) atoms. The van der Waals surface area contributed by atoms with E-state index in [2.05, 4.69) is 57.9 Å². The van der Waals surface area contributed by atoms with Gasteiger partial charge in [-0.05, 0) is 49.1 Å². The molecule has 0 aliphatic rings. The maximum Gasteiger partial charge on any atom is 0.268 e. The van der Waals surface area contributed by atoms with Crippen molar-refractivity contribution in [2.24, 2.45) is 0 Å². The molecule has 0 aliphatic carbocycles. The number of thiophene rings is 1. The van der Waals surface area contributed by atoms with Gasteiger partial charge in [0.1, 0.15) is 11.5 Å². The van der Waals surface area contributed by atoms with E-state index in [0.29, 0.717) is 18.8 Å². The number of fused-ring (bicyclic) bond motifs is 2. The van der Waals surface area contributed by atoms with Crippen LogP contribution in [-0.2, 0) is 13.1 Å². The van der Waals surface area contributed by atoms with Crippen molar-refractivity contribution in [2.75, 3.05) is 0 Å². The highest BCUT2D eigenvalue weighted by atomic mass is 32.1. The number of nitrogens with zero attached hydrogens (tertiary/aromatic N) is 3. The first-order valence-electron chi connectivity index (χ1n) is 10.5. The molecule has 1 amide bonds. The lowest BCUT2D eigenvalue weighted by Gasteiger charge is -2.14. The maximum atomic E-state index is 13.1. The van der Waals surface area contributed by atoms with Gasteiger partial charge >= 0.3 is 0 Å². The topological polar surface area (TPSA) is 51.9 Å².